The van der Waals surface area contributed by atoms with Crippen molar-refractivity contribution >= 4 is 21.7 Å². The topological polar surface area (TPSA) is 30.0 Å². The number of hydrogen-bond donors (Lipinski definition) is 0. The van der Waals surface area contributed by atoms with Gasteiger partial charge in [0.15, 0.2) is 0 Å². The molecule has 2 nitrogen and oxygen atoms in total. The lowest BCUT2D eigenvalue weighted by Gasteiger charge is -2.03. The summed E-state index contributed by atoms with van der Waals surface area (Å²) in [4.78, 5) is 6.22. The standard InChI is InChI=1S/C15H9NOS/c17-18-12-6-2-1-5-11(12)14-13(18)8-7-10-4-3-9-16-15(10)14/h1-9H. The first-order valence-corrected chi connectivity index (χ1v) is 6.90. The van der Waals surface area contributed by atoms with Crippen LogP contribution in [-0.4, -0.2) is 9.19 Å². The molecule has 1 aromatic heterocycles. The van der Waals surface area contributed by atoms with Crippen molar-refractivity contribution in [2.24, 2.45) is 0 Å². The molecule has 1 aliphatic heterocycles. The Labute approximate surface area is 107 Å². The summed E-state index contributed by atoms with van der Waals surface area (Å²) < 4.78 is 12.4. The van der Waals surface area contributed by atoms with Gasteiger partial charge >= 0.3 is 0 Å². The molecule has 3 heteroatoms. The van der Waals surface area contributed by atoms with E-state index in [9.17, 15) is 4.21 Å². The summed E-state index contributed by atoms with van der Waals surface area (Å²) in [5.41, 5.74) is 3.02. The summed E-state index contributed by atoms with van der Waals surface area (Å²) in [7, 11) is -1.07. The van der Waals surface area contributed by atoms with E-state index < -0.39 is 10.8 Å². The molecule has 2 aromatic carbocycles. The van der Waals surface area contributed by atoms with Crippen LogP contribution >= 0.6 is 0 Å². The molecule has 3 aromatic rings. The van der Waals surface area contributed by atoms with Crippen LogP contribution in [0.4, 0.5) is 0 Å². The SMILES string of the molecule is O=S1c2ccccc2-c2c1ccc1cccnc21. The number of hydrogen-bond acceptors (Lipinski definition) is 2. The van der Waals surface area contributed by atoms with Crippen LogP contribution in [0.25, 0.3) is 22.0 Å². The molecule has 1 aliphatic rings. The van der Waals surface area contributed by atoms with Gasteiger partial charge < -0.3 is 0 Å². The van der Waals surface area contributed by atoms with Crippen molar-refractivity contribution in [1.29, 1.82) is 0 Å². The molecule has 0 radical (unpaired) electrons. The highest BCUT2D eigenvalue weighted by molar-refractivity contribution is 7.85. The molecule has 0 spiro atoms. The van der Waals surface area contributed by atoms with Crippen LogP contribution in [0.2, 0.25) is 0 Å². The van der Waals surface area contributed by atoms with E-state index >= 15 is 0 Å². The van der Waals surface area contributed by atoms with Gasteiger partial charge in [0, 0.05) is 22.7 Å². The normalized spacial score (nSPS) is 16.6. The Balaban J connectivity index is 2.23. The first-order valence-electron chi connectivity index (χ1n) is 5.75. The molecule has 86 valence electrons. The Kier molecular flexibility index (Phi) is 1.94. The van der Waals surface area contributed by atoms with Crippen molar-refractivity contribution in [2.45, 2.75) is 9.79 Å². The van der Waals surface area contributed by atoms with Gasteiger partial charge in [-0.2, -0.15) is 0 Å². The van der Waals surface area contributed by atoms with Gasteiger partial charge in [0.25, 0.3) is 0 Å². The lowest BCUT2D eigenvalue weighted by Crippen LogP contribution is -1.86. The van der Waals surface area contributed by atoms with Crippen LogP contribution in [0, 0.1) is 0 Å². The van der Waals surface area contributed by atoms with Gasteiger partial charge in [-0.15, -0.1) is 0 Å². The molecule has 0 aliphatic carbocycles. The molecule has 0 N–H and O–H groups in total. The third-order valence-electron chi connectivity index (χ3n) is 3.29. The second-order valence-corrected chi connectivity index (χ2v) is 5.70. The molecule has 18 heavy (non-hydrogen) atoms. The van der Waals surface area contributed by atoms with Crippen molar-refractivity contribution < 1.29 is 4.21 Å². The monoisotopic (exact) mass is 251 g/mol. The van der Waals surface area contributed by atoms with E-state index in [0.717, 1.165) is 31.8 Å². The van der Waals surface area contributed by atoms with E-state index in [2.05, 4.69) is 4.98 Å². The average molecular weight is 251 g/mol. The molecule has 1 unspecified atom stereocenters. The number of aromatic nitrogens is 1. The Morgan fingerprint density at radius 2 is 1.78 bits per heavy atom. The highest BCUT2D eigenvalue weighted by Gasteiger charge is 2.27. The van der Waals surface area contributed by atoms with Gasteiger partial charge in [0.05, 0.1) is 26.1 Å². The van der Waals surface area contributed by atoms with E-state index in [1.54, 1.807) is 6.20 Å². The van der Waals surface area contributed by atoms with Crippen molar-refractivity contribution in [2.75, 3.05) is 0 Å². The van der Waals surface area contributed by atoms with E-state index in [0.29, 0.717) is 0 Å². The summed E-state index contributed by atoms with van der Waals surface area (Å²) >= 11 is 0. The molecule has 0 saturated heterocycles. The number of fused-ring (bicyclic) bond motifs is 5. The molecule has 0 fully saturated rings. The highest BCUT2D eigenvalue weighted by Crippen LogP contribution is 2.43. The maximum Gasteiger partial charge on any atom is 0.0863 e. The summed E-state index contributed by atoms with van der Waals surface area (Å²) in [6, 6.07) is 15.8. The smallest absolute Gasteiger partial charge is 0.0863 e. The fraction of sp³-hybridized carbons (Fsp3) is 0. The maximum atomic E-state index is 12.4. The Bertz CT molecular complexity index is 810. The largest absolute Gasteiger partial charge is 0.256 e. The Morgan fingerprint density at radius 1 is 0.889 bits per heavy atom. The van der Waals surface area contributed by atoms with Crippen molar-refractivity contribution in [1.82, 2.24) is 4.98 Å². The van der Waals surface area contributed by atoms with Crippen LogP contribution in [-0.2, 0) is 10.8 Å². The van der Waals surface area contributed by atoms with Crippen LogP contribution < -0.4 is 0 Å². The number of rotatable bonds is 0. The summed E-state index contributed by atoms with van der Waals surface area (Å²) in [6.07, 6.45) is 1.78. The fourth-order valence-corrected chi connectivity index (χ4v) is 3.89. The third-order valence-corrected chi connectivity index (χ3v) is 4.79. The van der Waals surface area contributed by atoms with Crippen molar-refractivity contribution in [3.05, 3.63) is 54.7 Å². The van der Waals surface area contributed by atoms with E-state index in [4.69, 9.17) is 0 Å². The minimum Gasteiger partial charge on any atom is -0.256 e. The number of benzene rings is 2. The first kappa shape index (κ1) is 9.97. The lowest BCUT2D eigenvalue weighted by atomic mass is 10.0. The Morgan fingerprint density at radius 3 is 2.72 bits per heavy atom. The molecule has 0 bridgehead atoms. The zero-order chi connectivity index (χ0) is 12.1. The maximum absolute atomic E-state index is 12.4. The quantitative estimate of drug-likeness (QED) is 0.479. The summed E-state index contributed by atoms with van der Waals surface area (Å²) in [5.74, 6) is 0. The van der Waals surface area contributed by atoms with Gasteiger partial charge in [-0.3, -0.25) is 4.98 Å². The van der Waals surface area contributed by atoms with Gasteiger partial charge in [0.1, 0.15) is 0 Å². The molecule has 4 rings (SSSR count). The molecule has 1 atom stereocenters. The zero-order valence-corrected chi connectivity index (χ0v) is 10.3. The second kappa shape index (κ2) is 3.50. The van der Waals surface area contributed by atoms with Crippen LogP contribution in [0.15, 0.2) is 64.5 Å². The van der Waals surface area contributed by atoms with Crippen LogP contribution in [0.3, 0.4) is 0 Å². The molecule has 0 saturated carbocycles. The van der Waals surface area contributed by atoms with E-state index in [1.165, 1.54) is 0 Å². The van der Waals surface area contributed by atoms with Gasteiger partial charge in [-0.05, 0) is 18.2 Å². The number of nitrogens with zero attached hydrogens (tertiary/aromatic N) is 1. The molecular weight excluding hydrogens is 242 g/mol. The van der Waals surface area contributed by atoms with Crippen LogP contribution in [0.5, 0.6) is 0 Å². The average Bonchev–Trinajstić information content (AvgIpc) is 2.73. The van der Waals surface area contributed by atoms with Crippen molar-refractivity contribution in [3.8, 4) is 11.1 Å². The van der Waals surface area contributed by atoms with Gasteiger partial charge in [-0.1, -0.05) is 30.3 Å². The minimum absolute atomic E-state index is 0.877. The molecule has 0 amide bonds. The highest BCUT2D eigenvalue weighted by atomic mass is 32.2. The minimum atomic E-state index is -1.07. The van der Waals surface area contributed by atoms with Crippen molar-refractivity contribution in [3.63, 3.8) is 0 Å². The van der Waals surface area contributed by atoms with Gasteiger partial charge in [0.2, 0.25) is 0 Å². The zero-order valence-electron chi connectivity index (χ0n) is 9.46. The van der Waals surface area contributed by atoms with E-state index in [-0.39, 0.29) is 0 Å². The number of pyridine rings is 1. The fourth-order valence-electron chi connectivity index (χ4n) is 2.49. The summed E-state index contributed by atoms with van der Waals surface area (Å²) in [5, 5.41) is 1.09. The summed E-state index contributed by atoms with van der Waals surface area (Å²) in [6.45, 7) is 0. The predicted octanol–water partition coefficient (Wildman–Crippen LogP) is 3.38. The lowest BCUT2D eigenvalue weighted by molar-refractivity contribution is 0.685. The molecular formula is C15H9NOS. The first-order chi connectivity index (χ1) is 8.86. The third kappa shape index (κ3) is 1.17. The predicted molar refractivity (Wildman–Crippen MR) is 71.9 cm³/mol. The second-order valence-electron chi connectivity index (χ2n) is 4.28. The Hall–Kier alpha value is -2.00. The van der Waals surface area contributed by atoms with Crippen LogP contribution in [0.1, 0.15) is 0 Å². The molecule has 2 heterocycles. The van der Waals surface area contributed by atoms with Gasteiger partial charge in [-0.25, -0.2) is 4.21 Å². The van der Waals surface area contributed by atoms with E-state index in [1.807, 2.05) is 48.5 Å².